The fraction of sp³-hybridized carbons (Fsp3) is 0.261. The molecule has 2 aliphatic rings. The number of allylic oxidation sites excluding steroid dienone is 2. The second-order valence-corrected chi connectivity index (χ2v) is 9.13. The average Bonchev–Trinajstić information content (AvgIpc) is 3.11. The first-order chi connectivity index (χ1) is 12.6. The summed E-state index contributed by atoms with van der Waals surface area (Å²) in [7, 11) is -0.689. The summed E-state index contributed by atoms with van der Waals surface area (Å²) < 4.78 is 5.49. The third-order valence-corrected chi connectivity index (χ3v) is 8.59. The Hall–Kier alpha value is -2.18. The quantitative estimate of drug-likeness (QED) is 0.499. The van der Waals surface area contributed by atoms with Crippen LogP contribution in [0.15, 0.2) is 71.6 Å². The van der Waals surface area contributed by atoms with Gasteiger partial charge in [0, 0.05) is 5.41 Å². The second kappa shape index (κ2) is 6.52. The number of benzene rings is 2. The first kappa shape index (κ1) is 17.2. The van der Waals surface area contributed by atoms with Crippen LogP contribution in [-0.4, -0.2) is 18.7 Å². The molecule has 2 aliphatic heterocycles. The molecule has 0 spiro atoms. The van der Waals surface area contributed by atoms with Gasteiger partial charge in [0.2, 0.25) is 0 Å². The number of fused-ring (bicyclic) bond motifs is 2. The van der Waals surface area contributed by atoms with Crippen molar-refractivity contribution in [3.63, 3.8) is 0 Å². The first-order valence-corrected chi connectivity index (χ1v) is 10.6. The fourth-order valence-electron chi connectivity index (χ4n) is 4.27. The molecule has 0 amide bonds. The number of hydrogen-bond acceptors (Lipinski definition) is 2. The molecule has 3 heteroatoms. The molecule has 2 heterocycles. The predicted molar refractivity (Wildman–Crippen MR) is 109 cm³/mol. The first-order valence-electron chi connectivity index (χ1n) is 9.09. The van der Waals surface area contributed by atoms with Crippen molar-refractivity contribution in [1.29, 1.82) is 0 Å². The molecule has 2 bridgehead atoms. The maximum atomic E-state index is 13.0. The lowest BCUT2D eigenvalue weighted by Crippen LogP contribution is -2.20. The standard InChI is InChI=1S/C23H23O2P/c1-4-25-22(24)21-19(17-11-7-5-8-12-17)23(3)15-26(21)20(16(23)2)18-13-9-6-10-14-18/h5-14H,4,15H2,1-3H3. The number of esters is 1. The normalized spacial score (nSPS) is 24.3. The summed E-state index contributed by atoms with van der Waals surface area (Å²) in [4.78, 5) is 13.0. The molecule has 26 heavy (non-hydrogen) atoms. The van der Waals surface area contributed by atoms with Crippen molar-refractivity contribution < 1.29 is 9.53 Å². The Morgan fingerprint density at radius 3 is 2.19 bits per heavy atom. The van der Waals surface area contributed by atoms with Gasteiger partial charge in [-0.1, -0.05) is 73.2 Å². The zero-order valence-corrected chi connectivity index (χ0v) is 16.3. The van der Waals surface area contributed by atoms with E-state index >= 15 is 0 Å². The number of ether oxygens (including phenoxy) is 1. The predicted octanol–water partition coefficient (Wildman–Crippen LogP) is 5.91. The van der Waals surface area contributed by atoms with Crippen LogP contribution < -0.4 is 0 Å². The van der Waals surface area contributed by atoms with Crippen LogP contribution in [0.1, 0.15) is 31.9 Å². The third kappa shape index (κ3) is 2.47. The lowest BCUT2D eigenvalue weighted by Gasteiger charge is -2.30. The van der Waals surface area contributed by atoms with Gasteiger partial charge in [0.1, 0.15) is 0 Å². The highest BCUT2D eigenvalue weighted by Crippen LogP contribution is 2.77. The van der Waals surface area contributed by atoms with Crippen LogP contribution in [0.25, 0.3) is 10.9 Å². The van der Waals surface area contributed by atoms with Crippen molar-refractivity contribution in [3.8, 4) is 0 Å². The van der Waals surface area contributed by atoms with E-state index in [1.165, 1.54) is 22.0 Å². The van der Waals surface area contributed by atoms with Crippen LogP contribution in [0, 0.1) is 5.41 Å². The van der Waals surface area contributed by atoms with E-state index in [2.05, 4.69) is 50.2 Å². The number of rotatable bonds is 4. The highest BCUT2D eigenvalue weighted by atomic mass is 31.1. The van der Waals surface area contributed by atoms with E-state index in [0.717, 1.165) is 17.0 Å². The summed E-state index contributed by atoms with van der Waals surface area (Å²) in [6.45, 7) is 6.83. The van der Waals surface area contributed by atoms with Crippen molar-refractivity contribution in [2.75, 3.05) is 12.8 Å². The van der Waals surface area contributed by atoms with Crippen LogP contribution in [0.2, 0.25) is 0 Å². The van der Waals surface area contributed by atoms with E-state index in [0.29, 0.717) is 6.61 Å². The summed E-state index contributed by atoms with van der Waals surface area (Å²) in [5, 5.41) is 2.28. The van der Waals surface area contributed by atoms with E-state index in [-0.39, 0.29) is 11.4 Å². The van der Waals surface area contributed by atoms with E-state index in [4.69, 9.17) is 4.74 Å². The molecular formula is C23H23O2P. The highest BCUT2D eigenvalue weighted by Gasteiger charge is 2.54. The van der Waals surface area contributed by atoms with Gasteiger partial charge >= 0.3 is 5.97 Å². The molecule has 0 N–H and O–H groups in total. The van der Waals surface area contributed by atoms with Gasteiger partial charge in [-0.3, -0.25) is 0 Å². The van der Waals surface area contributed by atoms with Crippen LogP contribution >= 0.6 is 7.92 Å². The largest absolute Gasteiger partial charge is 0.462 e. The Morgan fingerprint density at radius 2 is 1.62 bits per heavy atom. The Bertz CT molecular complexity index is 912. The zero-order valence-electron chi connectivity index (χ0n) is 15.5. The number of carbonyl (C=O) groups excluding carboxylic acids is 1. The average molecular weight is 362 g/mol. The molecular weight excluding hydrogens is 339 g/mol. The van der Waals surface area contributed by atoms with Crippen LogP contribution in [-0.2, 0) is 9.53 Å². The van der Waals surface area contributed by atoms with Gasteiger partial charge in [-0.05, 0) is 49.9 Å². The molecule has 2 atom stereocenters. The smallest absolute Gasteiger partial charge is 0.339 e. The van der Waals surface area contributed by atoms with Gasteiger partial charge < -0.3 is 4.74 Å². The van der Waals surface area contributed by atoms with E-state index in [9.17, 15) is 4.79 Å². The lowest BCUT2D eigenvalue weighted by atomic mass is 9.74. The molecule has 0 aromatic heterocycles. The summed E-state index contributed by atoms with van der Waals surface area (Å²) >= 11 is 0. The van der Waals surface area contributed by atoms with Crippen molar-refractivity contribution >= 4 is 24.8 Å². The number of hydrogen-bond donors (Lipinski definition) is 0. The molecule has 0 saturated carbocycles. The molecule has 2 aromatic carbocycles. The molecule has 0 aliphatic carbocycles. The van der Waals surface area contributed by atoms with Crippen molar-refractivity contribution in [3.05, 3.63) is 82.7 Å². The van der Waals surface area contributed by atoms with E-state index in [1.54, 1.807) is 0 Å². The van der Waals surface area contributed by atoms with Gasteiger partial charge in [0.25, 0.3) is 0 Å². The van der Waals surface area contributed by atoms with Gasteiger partial charge in [-0.2, -0.15) is 0 Å². The number of carbonyl (C=O) groups is 1. The maximum absolute atomic E-state index is 13.0. The third-order valence-electron chi connectivity index (χ3n) is 5.56. The van der Waals surface area contributed by atoms with Crippen LogP contribution in [0.3, 0.4) is 0 Å². The Labute approximate surface area is 156 Å². The van der Waals surface area contributed by atoms with Crippen molar-refractivity contribution in [1.82, 2.24) is 0 Å². The summed E-state index contributed by atoms with van der Waals surface area (Å²) in [5.74, 6) is -0.137. The molecule has 132 valence electrons. The molecule has 2 nitrogen and oxygen atoms in total. The van der Waals surface area contributed by atoms with Gasteiger partial charge in [0.05, 0.1) is 11.9 Å². The van der Waals surface area contributed by atoms with Crippen molar-refractivity contribution in [2.45, 2.75) is 20.8 Å². The zero-order chi connectivity index (χ0) is 18.3. The van der Waals surface area contributed by atoms with E-state index in [1.807, 2.05) is 31.2 Å². The topological polar surface area (TPSA) is 26.3 Å². The SMILES string of the molecule is CCOC(=O)C1=C(c2ccccc2)C2(C)CP1C(c1ccccc1)=C2C. The molecule has 0 saturated heterocycles. The fourth-order valence-corrected chi connectivity index (χ4v) is 7.88. The van der Waals surface area contributed by atoms with Crippen LogP contribution in [0.5, 0.6) is 0 Å². The van der Waals surface area contributed by atoms with Crippen molar-refractivity contribution in [2.24, 2.45) is 5.41 Å². The highest BCUT2D eigenvalue weighted by molar-refractivity contribution is 7.74. The summed E-state index contributed by atoms with van der Waals surface area (Å²) in [6.07, 6.45) is 1.01. The molecule has 0 fully saturated rings. The molecule has 2 aromatic rings. The maximum Gasteiger partial charge on any atom is 0.339 e. The Balaban J connectivity index is 1.91. The molecule has 0 radical (unpaired) electrons. The van der Waals surface area contributed by atoms with Gasteiger partial charge in [-0.25, -0.2) is 4.79 Å². The van der Waals surface area contributed by atoms with Gasteiger partial charge in [-0.15, -0.1) is 0 Å². The monoisotopic (exact) mass is 362 g/mol. The summed E-state index contributed by atoms with van der Waals surface area (Å²) in [5.41, 5.74) is 4.88. The van der Waals surface area contributed by atoms with Gasteiger partial charge in [0.15, 0.2) is 0 Å². The van der Waals surface area contributed by atoms with E-state index < -0.39 is 7.92 Å². The minimum absolute atomic E-state index is 0.0969. The molecule has 2 unspecified atom stereocenters. The Kier molecular flexibility index (Phi) is 4.32. The minimum atomic E-state index is -0.689. The molecule has 4 rings (SSSR count). The minimum Gasteiger partial charge on any atom is -0.462 e. The summed E-state index contributed by atoms with van der Waals surface area (Å²) in [6, 6.07) is 20.9. The van der Waals surface area contributed by atoms with Crippen LogP contribution in [0.4, 0.5) is 0 Å². The lowest BCUT2D eigenvalue weighted by molar-refractivity contribution is -0.137. The Morgan fingerprint density at radius 1 is 1.04 bits per heavy atom. The second-order valence-electron chi connectivity index (χ2n) is 7.07.